The standard InChI is InChI=1S/C12H19OS/c1-10(2)14(13,11(3)4)12-8-6-5-7-9-12/h5-11H,1-4H3/q+1. The van der Waals surface area contributed by atoms with E-state index in [9.17, 15) is 4.21 Å². The molecule has 0 aromatic heterocycles. The highest BCUT2D eigenvalue weighted by molar-refractivity contribution is 8.04. The Morgan fingerprint density at radius 1 is 0.929 bits per heavy atom. The molecule has 14 heavy (non-hydrogen) atoms. The molecule has 1 aromatic carbocycles. The fraction of sp³-hybridized carbons (Fsp3) is 0.500. The van der Waals surface area contributed by atoms with Crippen molar-refractivity contribution in [2.45, 2.75) is 43.1 Å². The number of hydrogen-bond donors (Lipinski definition) is 0. The van der Waals surface area contributed by atoms with Crippen LogP contribution in [0.1, 0.15) is 27.7 Å². The van der Waals surface area contributed by atoms with Crippen LogP contribution in [-0.2, 0) is 14.1 Å². The Morgan fingerprint density at radius 3 is 1.71 bits per heavy atom. The highest BCUT2D eigenvalue weighted by atomic mass is 32.2. The molecule has 1 aromatic rings. The summed E-state index contributed by atoms with van der Waals surface area (Å²) in [6, 6.07) is 9.83. The Kier molecular flexibility index (Phi) is 3.48. The molecule has 0 N–H and O–H groups in total. The molecule has 0 aliphatic heterocycles. The summed E-state index contributed by atoms with van der Waals surface area (Å²) in [6.45, 7) is 8.15. The molecule has 0 bridgehead atoms. The second kappa shape index (κ2) is 4.26. The van der Waals surface area contributed by atoms with Gasteiger partial charge in [0.15, 0.2) is 4.90 Å². The molecule has 1 nitrogen and oxygen atoms in total. The van der Waals surface area contributed by atoms with E-state index >= 15 is 0 Å². The van der Waals surface area contributed by atoms with Gasteiger partial charge in [-0.25, -0.2) is 0 Å². The highest BCUT2D eigenvalue weighted by Crippen LogP contribution is 2.28. The van der Waals surface area contributed by atoms with Gasteiger partial charge in [-0.15, -0.1) is 0 Å². The van der Waals surface area contributed by atoms with Crippen molar-refractivity contribution in [3.8, 4) is 0 Å². The van der Waals surface area contributed by atoms with Gasteiger partial charge in [0.1, 0.15) is 20.4 Å². The normalized spacial score (nSPS) is 12.4. The first kappa shape index (κ1) is 11.4. The summed E-state index contributed by atoms with van der Waals surface area (Å²) in [6.07, 6.45) is 0. The molecule has 0 amide bonds. The van der Waals surface area contributed by atoms with Gasteiger partial charge in [-0.1, -0.05) is 22.4 Å². The zero-order chi connectivity index (χ0) is 10.8. The molecule has 78 valence electrons. The molecule has 2 heteroatoms. The van der Waals surface area contributed by atoms with Crippen molar-refractivity contribution >= 4 is 9.93 Å². The summed E-state index contributed by atoms with van der Waals surface area (Å²) in [4.78, 5) is 0.991. The molecule has 1 rings (SSSR count). The second-order valence-corrected chi connectivity index (χ2v) is 7.71. The third-order valence-electron chi connectivity index (χ3n) is 2.51. The van der Waals surface area contributed by atoms with Crippen molar-refractivity contribution in [1.29, 1.82) is 0 Å². The largest absolute Gasteiger partial charge is 0.158 e. The fourth-order valence-electron chi connectivity index (χ4n) is 1.72. The van der Waals surface area contributed by atoms with Crippen LogP contribution in [0.5, 0.6) is 0 Å². The van der Waals surface area contributed by atoms with Crippen LogP contribution in [0.3, 0.4) is 0 Å². The van der Waals surface area contributed by atoms with Gasteiger partial charge in [-0.2, -0.15) is 0 Å². The van der Waals surface area contributed by atoms with Crippen LogP contribution in [0, 0.1) is 0 Å². The van der Waals surface area contributed by atoms with Gasteiger partial charge in [-0.05, 0) is 39.8 Å². The summed E-state index contributed by atoms with van der Waals surface area (Å²) >= 11 is 0. The van der Waals surface area contributed by atoms with Crippen molar-refractivity contribution in [2.75, 3.05) is 0 Å². The summed E-state index contributed by atoms with van der Waals surface area (Å²) in [5.74, 6) is 0. The van der Waals surface area contributed by atoms with Gasteiger partial charge in [0.25, 0.3) is 0 Å². The maximum atomic E-state index is 12.8. The van der Waals surface area contributed by atoms with Gasteiger partial charge >= 0.3 is 0 Å². The average molecular weight is 211 g/mol. The maximum absolute atomic E-state index is 12.8. The summed E-state index contributed by atoms with van der Waals surface area (Å²) < 4.78 is 12.8. The minimum atomic E-state index is -1.90. The molecule has 0 heterocycles. The van der Waals surface area contributed by atoms with Gasteiger partial charge in [0.05, 0.1) is 0 Å². The predicted octanol–water partition coefficient (Wildman–Crippen LogP) is 3.36. The SMILES string of the molecule is CC(C)[S+](=O)(c1ccccc1)C(C)C. The Bertz CT molecular complexity index is 315. The van der Waals surface area contributed by atoms with Gasteiger partial charge in [0, 0.05) is 0 Å². The lowest BCUT2D eigenvalue weighted by Gasteiger charge is -2.19. The first-order valence-electron chi connectivity index (χ1n) is 5.06. The van der Waals surface area contributed by atoms with Crippen molar-refractivity contribution in [3.05, 3.63) is 30.3 Å². The minimum absolute atomic E-state index is 0.199. The Hall–Kier alpha value is -0.630. The molecule has 0 unspecified atom stereocenters. The van der Waals surface area contributed by atoms with E-state index in [-0.39, 0.29) is 10.5 Å². The summed E-state index contributed by atoms with van der Waals surface area (Å²) in [7, 11) is -1.90. The van der Waals surface area contributed by atoms with Crippen molar-refractivity contribution in [3.63, 3.8) is 0 Å². The zero-order valence-corrected chi connectivity index (χ0v) is 10.2. The lowest BCUT2D eigenvalue weighted by molar-refractivity contribution is 0.572. The van der Waals surface area contributed by atoms with E-state index < -0.39 is 9.93 Å². The average Bonchev–Trinajstić information content (AvgIpc) is 2.17. The maximum Gasteiger partial charge on any atom is 0.158 e. The van der Waals surface area contributed by atoms with Gasteiger partial charge < -0.3 is 0 Å². The zero-order valence-electron chi connectivity index (χ0n) is 9.36. The molecular formula is C12H19OS+. The van der Waals surface area contributed by atoms with E-state index in [2.05, 4.69) is 0 Å². The van der Waals surface area contributed by atoms with Crippen LogP contribution < -0.4 is 0 Å². The summed E-state index contributed by atoms with van der Waals surface area (Å²) in [5, 5.41) is 0.398. The Morgan fingerprint density at radius 2 is 1.36 bits per heavy atom. The van der Waals surface area contributed by atoms with E-state index in [1.807, 2.05) is 58.0 Å². The van der Waals surface area contributed by atoms with Crippen molar-refractivity contribution < 1.29 is 4.21 Å². The van der Waals surface area contributed by atoms with Crippen LogP contribution in [0.2, 0.25) is 0 Å². The molecule has 0 spiro atoms. The minimum Gasteiger partial charge on any atom is -0.0992 e. The van der Waals surface area contributed by atoms with E-state index in [4.69, 9.17) is 0 Å². The molecule has 0 saturated heterocycles. The van der Waals surface area contributed by atoms with Gasteiger partial charge in [-0.3, -0.25) is 0 Å². The van der Waals surface area contributed by atoms with Crippen LogP contribution in [0.4, 0.5) is 0 Å². The molecular weight excluding hydrogens is 192 g/mol. The molecule has 0 atom stereocenters. The molecule has 0 aliphatic carbocycles. The van der Waals surface area contributed by atoms with E-state index in [1.54, 1.807) is 0 Å². The molecule has 0 saturated carbocycles. The quantitative estimate of drug-likeness (QED) is 0.701. The smallest absolute Gasteiger partial charge is 0.0992 e. The third-order valence-corrected chi connectivity index (χ3v) is 6.32. The Labute approximate surface area is 88.0 Å². The lowest BCUT2D eigenvalue weighted by Crippen LogP contribution is -2.31. The van der Waals surface area contributed by atoms with E-state index in [0.29, 0.717) is 0 Å². The fourth-order valence-corrected chi connectivity index (χ4v) is 4.48. The molecule has 0 radical (unpaired) electrons. The van der Waals surface area contributed by atoms with Crippen LogP contribution >= 0.6 is 0 Å². The van der Waals surface area contributed by atoms with Gasteiger partial charge in [0.2, 0.25) is 0 Å². The predicted molar refractivity (Wildman–Crippen MR) is 63.0 cm³/mol. The topological polar surface area (TPSA) is 17.1 Å². The summed E-state index contributed by atoms with van der Waals surface area (Å²) in [5.41, 5.74) is 0. The van der Waals surface area contributed by atoms with Crippen LogP contribution in [-0.4, -0.2) is 10.5 Å². The van der Waals surface area contributed by atoms with E-state index in [1.165, 1.54) is 0 Å². The monoisotopic (exact) mass is 211 g/mol. The van der Waals surface area contributed by atoms with E-state index in [0.717, 1.165) is 4.90 Å². The second-order valence-electron chi connectivity index (χ2n) is 4.06. The highest BCUT2D eigenvalue weighted by Gasteiger charge is 2.38. The number of hydrogen-bond acceptors (Lipinski definition) is 1. The van der Waals surface area contributed by atoms with Crippen molar-refractivity contribution in [2.24, 2.45) is 0 Å². The Balaban J connectivity index is 3.21. The van der Waals surface area contributed by atoms with Crippen molar-refractivity contribution in [1.82, 2.24) is 0 Å². The number of rotatable bonds is 3. The molecule has 0 fully saturated rings. The van der Waals surface area contributed by atoms with Crippen LogP contribution in [0.15, 0.2) is 35.2 Å². The number of benzene rings is 1. The first-order chi connectivity index (χ1) is 6.49. The molecule has 0 aliphatic rings. The first-order valence-corrected chi connectivity index (χ1v) is 6.75. The lowest BCUT2D eigenvalue weighted by atomic mass is 10.4. The van der Waals surface area contributed by atoms with Crippen LogP contribution in [0.25, 0.3) is 0 Å². The third kappa shape index (κ3) is 1.90.